The van der Waals surface area contributed by atoms with Crippen LogP contribution < -0.4 is 16.4 Å². The van der Waals surface area contributed by atoms with Gasteiger partial charge < -0.3 is 21.1 Å². The van der Waals surface area contributed by atoms with Crippen molar-refractivity contribution in [1.82, 2.24) is 9.62 Å². The molecule has 0 aliphatic carbocycles. The van der Waals surface area contributed by atoms with Gasteiger partial charge in [0.05, 0.1) is 17.9 Å². The third-order valence-electron chi connectivity index (χ3n) is 8.01. The topological polar surface area (TPSA) is 114 Å². The first kappa shape index (κ1) is 29.6. The number of piperazine rings is 1. The number of para-hydroxylation sites is 1. The molecule has 0 aromatic heterocycles. The normalized spacial score (nSPS) is 24.9. The summed E-state index contributed by atoms with van der Waals surface area (Å²) in [5.41, 5.74) is 8.86. The second-order valence-corrected chi connectivity index (χ2v) is 13.1. The summed E-state index contributed by atoms with van der Waals surface area (Å²) in [6.45, 7) is 5.13. The molecule has 4 N–H and O–H groups in total. The highest BCUT2D eigenvalue weighted by atomic mass is 32.2. The van der Waals surface area contributed by atoms with Gasteiger partial charge in [0.2, 0.25) is 15.9 Å². The lowest BCUT2D eigenvalue weighted by Gasteiger charge is -2.37. The summed E-state index contributed by atoms with van der Waals surface area (Å²) in [5, 5.41) is 6.51. The van der Waals surface area contributed by atoms with Gasteiger partial charge in [0.1, 0.15) is 5.82 Å². The second kappa shape index (κ2) is 12.9. The number of rotatable bonds is 10. The van der Waals surface area contributed by atoms with Crippen molar-refractivity contribution < 1.29 is 22.3 Å². The van der Waals surface area contributed by atoms with Gasteiger partial charge in [0.15, 0.2) is 0 Å². The molecule has 214 valence electrons. The highest BCUT2D eigenvalue weighted by molar-refractivity contribution is 7.89. The van der Waals surface area contributed by atoms with Gasteiger partial charge in [-0.25, -0.2) is 12.8 Å². The Balaban J connectivity index is 1.49. The standard InChI is InChI=1S/C29H41FN4O4S/c1-19(2)28(38-3)26(21-10-13-22(30)14-11-21)27(31)29(35)33-25-9-5-4-7-20(25)12-15-24-17-32-23-8-6-16-39(36,37)34(24)18-23/h4-5,7,9-11,13-14,19,23-24,26-28,32H,6,8,12,15-18,31H2,1-3H3,(H,33,35)/t23-,24?,26-,27+,28-/m1/s1. The van der Waals surface area contributed by atoms with Crippen LogP contribution in [0.25, 0.3) is 0 Å². The first-order chi connectivity index (χ1) is 18.6. The van der Waals surface area contributed by atoms with E-state index in [-0.39, 0.29) is 41.6 Å². The van der Waals surface area contributed by atoms with Gasteiger partial charge in [-0.15, -0.1) is 0 Å². The van der Waals surface area contributed by atoms with E-state index in [2.05, 4.69) is 10.6 Å². The summed E-state index contributed by atoms with van der Waals surface area (Å²) in [6.07, 6.45) is 2.43. The Bertz CT molecular complexity index is 1220. The molecular formula is C29H41FN4O4S. The van der Waals surface area contributed by atoms with E-state index in [1.54, 1.807) is 23.5 Å². The summed E-state index contributed by atoms with van der Waals surface area (Å²) in [7, 11) is -1.68. The molecule has 2 fully saturated rings. The van der Waals surface area contributed by atoms with E-state index in [1.165, 1.54) is 12.1 Å². The van der Waals surface area contributed by atoms with Crippen molar-refractivity contribution in [1.29, 1.82) is 0 Å². The number of benzene rings is 2. The van der Waals surface area contributed by atoms with Crippen LogP contribution in [0.1, 0.15) is 50.2 Å². The molecule has 2 saturated heterocycles. The number of halogens is 1. The van der Waals surface area contributed by atoms with Gasteiger partial charge in [0, 0.05) is 43.9 Å². The van der Waals surface area contributed by atoms with Crippen LogP contribution in [0.15, 0.2) is 48.5 Å². The highest BCUT2D eigenvalue weighted by Gasteiger charge is 2.38. The third kappa shape index (κ3) is 7.05. The van der Waals surface area contributed by atoms with Crippen LogP contribution in [0.5, 0.6) is 0 Å². The number of nitrogens with zero attached hydrogens (tertiary/aromatic N) is 1. The van der Waals surface area contributed by atoms with Crippen molar-refractivity contribution in [2.24, 2.45) is 11.7 Å². The van der Waals surface area contributed by atoms with E-state index in [1.807, 2.05) is 38.1 Å². The smallest absolute Gasteiger partial charge is 0.242 e. The minimum Gasteiger partial charge on any atom is -0.380 e. The predicted molar refractivity (Wildman–Crippen MR) is 151 cm³/mol. The lowest BCUT2D eigenvalue weighted by Crippen LogP contribution is -2.57. The Morgan fingerprint density at radius 1 is 1.21 bits per heavy atom. The molecule has 2 bridgehead atoms. The molecular weight excluding hydrogens is 519 g/mol. The fourth-order valence-corrected chi connectivity index (χ4v) is 7.73. The van der Waals surface area contributed by atoms with Gasteiger partial charge in [0.25, 0.3) is 0 Å². The van der Waals surface area contributed by atoms with Gasteiger partial charge in [-0.05, 0) is 60.9 Å². The number of ether oxygens (including phenoxy) is 1. The zero-order valence-corrected chi connectivity index (χ0v) is 23.8. The molecule has 2 aromatic rings. The maximum absolute atomic E-state index is 13.6. The number of nitrogens with two attached hydrogens (primary N) is 1. The highest BCUT2D eigenvalue weighted by Crippen LogP contribution is 2.31. The van der Waals surface area contributed by atoms with Crippen LogP contribution in [0, 0.1) is 11.7 Å². The van der Waals surface area contributed by atoms with E-state index in [4.69, 9.17) is 10.5 Å². The zero-order chi connectivity index (χ0) is 28.2. The number of methoxy groups -OCH3 is 1. The summed E-state index contributed by atoms with van der Waals surface area (Å²) < 4.78 is 46.8. The van der Waals surface area contributed by atoms with Crippen LogP contribution in [0.2, 0.25) is 0 Å². The lowest BCUT2D eigenvalue weighted by molar-refractivity contribution is -0.119. The molecule has 2 aliphatic rings. The van der Waals surface area contributed by atoms with Crippen molar-refractivity contribution in [2.45, 2.75) is 69.7 Å². The number of hydrogen-bond acceptors (Lipinski definition) is 6. The number of hydrogen-bond donors (Lipinski definition) is 3. The molecule has 39 heavy (non-hydrogen) atoms. The fourth-order valence-electron chi connectivity index (χ4n) is 5.93. The minimum absolute atomic E-state index is 0.0650. The lowest BCUT2D eigenvalue weighted by atomic mass is 9.81. The van der Waals surface area contributed by atoms with Crippen LogP contribution >= 0.6 is 0 Å². The molecule has 2 aliphatic heterocycles. The number of anilines is 1. The number of aryl methyl sites for hydroxylation is 1. The molecule has 0 radical (unpaired) electrons. The van der Waals surface area contributed by atoms with Crippen LogP contribution in [0.3, 0.4) is 0 Å². The Morgan fingerprint density at radius 3 is 2.62 bits per heavy atom. The molecule has 0 saturated carbocycles. The monoisotopic (exact) mass is 560 g/mol. The van der Waals surface area contributed by atoms with Gasteiger partial charge in [-0.2, -0.15) is 4.31 Å². The van der Waals surface area contributed by atoms with Gasteiger partial charge in [-0.1, -0.05) is 44.2 Å². The summed E-state index contributed by atoms with van der Waals surface area (Å²) >= 11 is 0. The van der Waals surface area contributed by atoms with Crippen molar-refractivity contribution in [3.63, 3.8) is 0 Å². The van der Waals surface area contributed by atoms with Crippen LogP contribution in [-0.2, 0) is 26.0 Å². The number of amides is 1. The molecule has 2 unspecified atom stereocenters. The zero-order valence-electron chi connectivity index (χ0n) is 23.0. The first-order valence-electron chi connectivity index (χ1n) is 13.8. The molecule has 2 heterocycles. The van der Waals surface area contributed by atoms with Crippen molar-refractivity contribution in [3.05, 3.63) is 65.5 Å². The molecule has 1 amide bonds. The third-order valence-corrected chi connectivity index (χ3v) is 9.98. The largest absolute Gasteiger partial charge is 0.380 e. The molecule has 6 atom stereocenters. The number of nitrogens with one attached hydrogen (secondary N) is 2. The van der Waals surface area contributed by atoms with Crippen LogP contribution in [0.4, 0.5) is 10.1 Å². The Labute approximate surface area is 231 Å². The fraction of sp³-hybridized carbons (Fsp3) is 0.552. The average Bonchev–Trinajstić information content (AvgIpc) is 3.02. The van der Waals surface area contributed by atoms with E-state index in [9.17, 15) is 17.6 Å². The van der Waals surface area contributed by atoms with Crippen molar-refractivity contribution in [2.75, 3.05) is 31.3 Å². The van der Waals surface area contributed by atoms with Crippen LogP contribution in [-0.4, -0.2) is 68.8 Å². The Kier molecular flexibility index (Phi) is 9.77. The average molecular weight is 561 g/mol. The Morgan fingerprint density at radius 2 is 1.92 bits per heavy atom. The predicted octanol–water partition coefficient (Wildman–Crippen LogP) is 3.24. The summed E-state index contributed by atoms with van der Waals surface area (Å²) in [6, 6.07) is 12.7. The van der Waals surface area contributed by atoms with Gasteiger partial charge >= 0.3 is 0 Å². The van der Waals surface area contributed by atoms with E-state index >= 15 is 0 Å². The van der Waals surface area contributed by atoms with E-state index < -0.39 is 22.0 Å². The molecule has 8 nitrogen and oxygen atoms in total. The minimum atomic E-state index is -3.27. The quantitative estimate of drug-likeness (QED) is 0.411. The maximum atomic E-state index is 13.6. The second-order valence-electron chi connectivity index (χ2n) is 11.0. The SMILES string of the molecule is CO[C@H](C(C)C)[C@H](c1ccc(F)cc1)[C@H](N)C(=O)Nc1ccccc1CCC1CN[C@@H]2CCCS(=O)(=O)N1C2. The maximum Gasteiger partial charge on any atom is 0.242 e. The number of fused-ring (bicyclic) bond motifs is 2. The molecule has 4 rings (SSSR count). The van der Waals surface area contributed by atoms with Gasteiger partial charge in [-0.3, -0.25) is 4.79 Å². The Hall–Kier alpha value is -2.37. The molecule has 2 aromatic carbocycles. The number of carbonyl (C=O) groups excluding carboxylic acids is 1. The molecule has 10 heteroatoms. The van der Waals surface area contributed by atoms with Crippen molar-refractivity contribution >= 4 is 21.6 Å². The summed E-state index contributed by atoms with van der Waals surface area (Å²) in [4.78, 5) is 13.5. The number of sulfonamides is 1. The van der Waals surface area contributed by atoms with E-state index in [0.717, 1.165) is 17.5 Å². The number of carbonyl (C=O) groups is 1. The van der Waals surface area contributed by atoms with E-state index in [0.29, 0.717) is 38.0 Å². The first-order valence-corrected chi connectivity index (χ1v) is 15.4. The molecule has 0 spiro atoms. The van der Waals surface area contributed by atoms with Crippen molar-refractivity contribution in [3.8, 4) is 0 Å². The summed E-state index contributed by atoms with van der Waals surface area (Å²) in [5.74, 6) is -0.955.